The molecule has 0 radical (unpaired) electrons. The van der Waals surface area contributed by atoms with Crippen molar-refractivity contribution in [2.45, 2.75) is 24.8 Å². The summed E-state index contributed by atoms with van der Waals surface area (Å²) in [4.78, 5) is 34.4. The number of aliphatic hydroxyl groups excluding tert-OH is 1. The van der Waals surface area contributed by atoms with Crippen LogP contribution in [0, 0.1) is 13.8 Å². The summed E-state index contributed by atoms with van der Waals surface area (Å²) in [5, 5.41) is 12.6. The number of rotatable bonds is 6. The molecule has 2 aromatic heterocycles. The van der Waals surface area contributed by atoms with Crippen LogP contribution in [-0.4, -0.2) is 45.6 Å². The predicted octanol–water partition coefficient (Wildman–Crippen LogP) is 2.06. The van der Waals surface area contributed by atoms with Gasteiger partial charge in [0.05, 0.1) is 23.6 Å². The number of thiazole rings is 1. The lowest BCUT2D eigenvalue weighted by Gasteiger charge is -2.16. The average Bonchev–Trinajstić information content (AvgIpc) is 3.02. The Labute approximate surface area is 157 Å². The van der Waals surface area contributed by atoms with E-state index in [4.69, 9.17) is 4.74 Å². The van der Waals surface area contributed by atoms with Gasteiger partial charge in [-0.15, -0.1) is 23.1 Å². The first-order valence-electron chi connectivity index (χ1n) is 7.93. The number of methoxy groups -OCH3 is 1. The number of thioether (sulfide) groups is 1. The van der Waals surface area contributed by atoms with E-state index in [1.807, 2.05) is 19.2 Å². The van der Waals surface area contributed by atoms with Crippen molar-refractivity contribution in [1.29, 1.82) is 0 Å². The maximum absolute atomic E-state index is 12.2. The van der Waals surface area contributed by atoms with Crippen LogP contribution in [0.4, 0.5) is 0 Å². The number of aliphatic hydroxyl groups is 1. The second-order valence-electron chi connectivity index (χ2n) is 5.87. The highest BCUT2D eigenvalue weighted by molar-refractivity contribution is 7.99. The van der Waals surface area contributed by atoms with Crippen LogP contribution < -0.4 is 11.2 Å². The zero-order valence-corrected chi connectivity index (χ0v) is 16.2. The summed E-state index contributed by atoms with van der Waals surface area (Å²) in [6.07, 6.45) is -0.352. The molecule has 1 aromatic carbocycles. The molecule has 2 heterocycles. The minimum absolute atomic E-state index is 0.115. The lowest BCUT2D eigenvalue weighted by atomic mass is 10.1. The largest absolute Gasteiger partial charge is 0.394 e. The molecule has 3 N–H and O–H groups in total. The number of aromatic amines is 2. The first-order valence-corrected chi connectivity index (χ1v) is 9.80. The Morgan fingerprint density at radius 3 is 2.73 bits per heavy atom. The molecule has 0 aliphatic rings. The van der Waals surface area contributed by atoms with E-state index in [-0.39, 0.29) is 12.7 Å². The molecular formula is C17H19N3O4S2. The first kappa shape index (κ1) is 18.8. The number of aromatic nitrogens is 3. The molecular weight excluding hydrogens is 374 g/mol. The summed E-state index contributed by atoms with van der Waals surface area (Å²) in [5.74, 6) is 0.470. The smallest absolute Gasteiger partial charge is 0.326 e. The fourth-order valence-corrected chi connectivity index (χ4v) is 4.93. The summed E-state index contributed by atoms with van der Waals surface area (Å²) >= 11 is 2.94. The van der Waals surface area contributed by atoms with Gasteiger partial charge in [0.25, 0.3) is 5.56 Å². The molecule has 0 spiro atoms. The third-order valence-electron chi connectivity index (χ3n) is 3.97. The highest BCUT2D eigenvalue weighted by Gasteiger charge is 2.20. The van der Waals surface area contributed by atoms with Crippen molar-refractivity contribution < 1.29 is 9.84 Å². The monoisotopic (exact) mass is 393 g/mol. The molecule has 9 heteroatoms. The topological polar surface area (TPSA) is 108 Å². The maximum Gasteiger partial charge on any atom is 0.326 e. The number of aryl methyl sites for hydroxylation is 2. The van der Waals surface area contributed by atoms with Crippen LogP contribution in [0.1, 0.15) is 11.3 Å². The van der Waals surface area contributed by atoms with E-state index < -0.39 is 11.2 Å². The number of ether oxygens (including phenoxy) is 1. The minimum atomic E-state index is -0.556. The van der Waals surface area contributed by atoms with Crippen molar-refractivity contribution in [2.24, 2.45) is 0 Å². The zero-order valence-electron chi connectivity index (χ0n) is 14.6. The molecule has 3 rings (SSSR count). The summed E-state index contributed by atoms with van der Waals surface area (Å²) in [6, 6.07) is 1.76. The maximum atomic E-state index is 12.2. The van der Waals surface area contributed by atoms with Gasteiger partial charge < -0.3 is 14.8 Å². The van der Waals surface area contributed by atoms with Crippen molar-refractivity contribution in [3.05, 3.63) is 43.5 Å². The summed E-state index contributed by atoms with van der Waals surface area (Å²) in [5.41, 5.74) is 2.18. The third-order valence-corrected chi connectivity index (χ3v) is 6.19. The highest BCUT2D eigenvalue weighted by Crippen LogP contribution is 2.39. The molecule has 0 aliphatic heterocycles. The lowest BCUT2D eigenvalue weighted by molar-refractivity contribution is 0.0656. The lowest BCUT2D eigenvalue weighted by Crippen LogP contribution is -2.23. The van der Waals surface area contributed by atoms with Gasteiger partial charge in [-0.2, -0.15) is 0 Å². The molecule has 7 nitrogen and oxygen atoms in total. The Morgan fingerprint density at radius 2 is 2.12 bits per heavy atom. The molecule has 3 aromatic rings. The number of benzene rings is 1. The molecule has 26 heavy (non-hydrogen) atoms. The van der Waals surface area contributed by atoms with Crippen LogP contribution in [0.5, 0.6) is 0 Å². The summed E-state index contributed by atoms with van der Waals surface area (Å²) < 4.78 is 5.24. The van der Waals surface area contributed by atoms with Crippen LogP contribution >= 0.6 is 23.1 Å². The number of H-pyrrole nitrogens is 2. The second kappa shape index (κ2) is 7.75. The SMILES string of the molecule is CO[C@@H](CO)CSc1c(-c2nc(C)cs2)c(C)cc2c(=O)[nH]c(=O)[nH]c12. The summed E-state index contributed by atoms with van der Waals surface area (Å²) in [7, 11) is 1.54. The van der Waals surface area contributed by atoms with Crippen molar-refractivity contribution in [2.75, 3.05) is 19.5 Å². The number of hydrogen-bond donors (Lipinski definition) is 3. The molecule has 0 amide bonds. The van der Waals surface area contributed by atoms with Crippen LogP contribution in [0.3, 0.4) is 0 Å². The van der Waals surface area contributed by atoms with E-state index >= 15 is 0 Å². The van der Waals surface area contributed by atoms with Gasteiger partial charge in [-0.3, -0.25) is 9.78 Å². The number of hydrogen-bond acceptors (Lipinski definition) is 7. The number of nitrogens with one attached hydrogen (secondary N) is 2. The van der Waals surface area contributed by atoms with Gasteiger partial charge in [0.2, 0.25) is 0 Å². The van der Waals surface area contributed by atoms with Crippen molar-refractivity contribution >= 4 is 34.0 Å². The fourth-order valence-electron chi connectivity index (χ4n) is 2.66. The molecule has 0 unspecified atom stereocenters. The Bertz CT molecular complexity index is 1050. The summed E-state index contributed by atoms with van der Waals surface area (Å²) in [6.45, 7) is 3.72. The van der Waals surface area contributed by atoms with Crippen LogP contribution in [0.25, 0.3) is 21.5 Å². The minimum Gasteiger partial charge on any atom is -0.394 e. The molecule has 0 saturated carbocycles. The Hall–Kier alpha value is -1.94. The van der Waals surface area contributed by atoms with Crippen molar-refractivity contribution in [1.82, 2.24) is 15.0 Å². The third kappa shape index (κ3) is 3.61. The number of nitrogens with zero attached hydrogens (tertiary/aromatic N) is 1. The molecule has 0 saturated heterocycles. The normalized spacial score (nSPS) is 12.6. The highest BCUT2D eigenvalue weighted by atomic mass is 32.2. The van der Waals surface area contributed by atoms with E-state index in [1.165, 1.54) is 30.2 Å². The Kier molecular flexibility index (Phi) is 5.61. The molecule has 1 atom stereocenters. The van der Waals surface area contributed by atoms with Gasteiger partial charge in [0.1, 0.15) is 5.01 Å². The van der Waals surface area contributed by atoms with Gasteiger partial charge in [-0.25, -0.2) is 9.78 Å². The van der Waals surface area contributed by atoms with E-state index in [1.54, 1.807) is 6.07 Å². The van der Waals surface area contributed by atoms with Crippen LogP contribution in [0.2, 0.25) is 0 Å². The van der Waals surface area contributed by atoms with Crippen molar-refractivity contribution in [3.63, 3.8) is 0 Å². The van der Waals surface area contributed by atoms with E-state index in [9.17, 15) is 14.7 Å². The zero-order chi connectivity index (χ0) is 18.8. The Balaban J connectivity index is 2.27. The van der Waals surface area contributed by atoms with Gasteiger partial charge in [0, 0.05) is 34.4 Å². The van der Waals surface area contributed by atoms with Gasteiger partial charge in [0.15, 0.2) is 0 Å². The predicted molar refractivity (Wildman–Crippen MR) is 104 cm³/mol. The average molecular weight is 393 g/mol. The Morgan fingerprint density at radius 1 is 1.35 bits per heavy atom. The van der Waals surface area contributed by atoms with Crippen LogP contribution in [-0.2, 0) is 4.74 Å². The van der Waals surface area contributed by atoms with Crippen LogP contribution in [0.15, 0.2) is 25.9 Å². The first-order chi connectivity index (χ1) is 12.4. The standard InChI is InChI=1S/C17H19N3O4S2/c1-8-4-11-13(19-17(23)20-15(11)22)14(25-7-10(5-21)24-3)12(8)16-18-9(2)6-26-16/h4,6,10,21H,5,7H2,1-3H3,(H2,19,20,22,23)/t10-/m0/s1. The van der Waals surface area contributed by atoms with Crippen molar-refractivity contribution in [3.8, 4) is 10.6 Å². The van der Waals surface area contributed by atoms with E-state index in [0.717, 1.165) is 26.7 Å². The van der Waals surface area contributed by atoms with E-state index in [0.29, 0.717) is 16.7 Å². The molecule has 0 bridgehead atoms. The van der Waals surface area contributed by atoms with Gasteiger partial charge in [-0.1, -0.05) is 0 Å². The molecule has 0 fully saturated rings. The molecule has 0 aliphatic carbocycles. The van der Waals surface area contributed by atoms with E-state index in [2.05, 4.69) is 15.0 Å². The quantitative estimate of drug-likeness (QED) is 0.553. The number of fused-ring (bicyclic) bond motifs is 1. The second-order valence-corrected chi connectivity index (χ2v) is 7.76. The fraction of sp³-hybridized carbons (Fsp3) is 0.353. The van der Waals surface area contributed by atoms with Gasteiger partial charge in [-0.05, 0) is 25.5 Å². The molecule has 138 valence electrons. The van der Waals surface area contributed by atoms with Gasteiger partial charge >= 0.3 is 5.69 Å².